The number of anilines is 1. The number of esters is 1. The standard InChI is InChI=1S/C17H25NO4S2/c1-2-22-17(19)15-13-10-6-7-11-14(13)23-16(15)18-24(20,21)12-8-4-3-5-9-12/h12,18H,2-11H2,1H3. The summed E-state index contributed by atoms with van der Waals surface area (Å²) in [6.45, 7) is 2.06. The quantitative estimate of drug-likeness (QED) is 0.797. The molecule has 0 amide bonds. The van der Waals surface area contributed by atoms with Crippen LogP contribution in [0.25, 0.3) is 0 Å². The van der Waals surface area contributed by atoms with E-state index in [0.29, 0.717) is 23.4 Å². The van der Waals surface area contributed by atoms with Crippen molar-refractivity contribution in [3.63, 3.8) is 0 Å². The number of hydrogen-bond donors (Lipinski definition) is 1. The van der Waals surface area contributed by atoms with Crippen molar-refractivity contribution < 1.29 is 17.9 Å². The van der Waals surface area contributed by atoms with Gasteiger partial charge in [0.05, 0.1) is 17.4 Å². The highest BCUT2D eigenvalue weighted by atomic mass is 32.2. The molecule has 3 rings (SSSR count). The number of hydrogen-bond acceptors (Lipinski definition) is 5. The molecule has 0 radical (unpaired) electrons. The van der Waals surface area contributed by atoms with E-state index in [4.69, 9.17) is 4.74 Å². The lowest BCUT2D eigenvalue weighted by Gasteiger charge is -2.22. The summed E-state index contributed by atoms with van der Waals surface area (Å²) < 4.78 is 33.4. The van der Waals surface area contributed by atoms with Crippen molar-refractivity contribution in [2.45, 2.75) is 70.0 Å². The van der Waals surface area contributed by atoms with Crippen LogP contribution in [0.3, 0.4) is 0 Å². The molecular weight excluding hydrogens is 346 g/mol. The first-order chi connectivity index (χ1) is 11.5. The number of ether oxygens (including phenoxy) is 1. The fourth-order valence-electron chi connectivity index (χ4n) is 3.64. The van der Waals surface area contributed by atoms with E-state index in [9.17, 15) is 13.2 Å². The van der Waals surface area contributed by atoms with Gasteiger partial charge in [0.25, 0.3) is 0 Å². The number of aryl methyl sites for hydroxylation is 1. The van der Waals surface area contributed by atoms with E-state index in [1.807, 2.05) is 0 Å². The van der Waals surface area contributed by atoms with E-state index in [1.165, 1.54) is 11.3 Å². The van der Waals surface area contributed by atoms with Crippen molar-refractivity contribution in [1.29, 1.82) is 0 Å². The molecule has 1 aromatic rings. The second-order valence-electron chi connectivity index (χ2n) is 6.54. The Bertz CT molecular complexity index is 702. The largest absolute Gasteiger partial charge is 0.462 e. The molecule has 134 valence electrons. The Hall–Kier alpha value is -1.08. The molecule has 7 heteroatoms. The Balaban J connectivity index is 1.91. The third-order valence-electron chi connectivity index (χ3n) is 4.88. The van der Waals surface area contributed by atoms with Crippen molar-refractivity contribution >= 4 is 32.3 Å². The molecule has 1 fully saturated rings. The van der Waals surface area contributed by atoms with Crippen LogP contribution in [0.5, 0.6) is 0 Å². The van der Waals surface area contributed by atoms with Crippen LogP contribution in [0.1, 0.15) is 72.7 Å². The lowest BCUT2D eigenvalue weighted by atomic mass is 9.95. The predicted molar refractivity (Wildman–Crippen MR) is 96.3 cm³/mol. The van der Waals surface area contributed by atoms with E-state index in [2.05, 4.69) is 4.72 Å². The molecule has 1 N–H and O–H groups in total. The first kappa shape index (κ1) is 17.7. The molecule has 0 aliphatic heterocycles. The summed E-state index contributed by atoms with van der Waals surface area (Å²) in [5, 5.41) is 0.117. The molecule has 0 aromatic carbocycles. The highest BCUT2D eigenvalue weighted by molar-refractivity contribution is 7.93. The van der Waals surface area contributed by atoms with E-state index in [-0.39, 0.29) is 11.9 Å². The van der Waals surface area contributed by atoms with E-state index in [0.717, 1.165) is 55.4 Å². The maximum absolute atomic E-state index is 12.7. The van der Waals surface area contributed by atoms with Crippen molar-refractivity contribution in [2.75, 3.05) is 11.3 Å². The van der Waals surface area contributed by atoms with Crippen molar-refractivity contribution in [3.8, 4) is 0 Å². The highest BCUT2D eigenvalue weighted by Crippen LogP contribution is 2.40. The van der Waals surface area contributed by atoms with Crippen molar-refractivity contribution in [2.24, 2.45) is 0 Å². The third kappa shape index (κ3) is 3.61. The van der Waals surface area contributed by atoms with Gasteiger partial charge in [0.1, 0.15) is 5.00 Å². The summed E-state index contributed by atoms with van der Waals surface area (Å²) in [5.41, 5.74) is 1.45. The van der Waals surface area contributed by atoms with Gasteiger partial charge in [0.2, 0.25) is 10.0 Å². The summed E-state index contributed by atoms with van der Waals surface area (Å²) in [6.07, 6.45) is 8.28. The molecule has 0 unspecified atom stereocenters. The monoisotopic (exact) mass is 371 g/mol. The van der Waals surface area contributed by atoms with Gasteiger partial charge in [0, 0.05) is 4.88 Å². The molecule has 24 heavy (non-hydrogen) atoms. The Labute approximate surface area is 147 Å². The van der Waals surface area contributed by atoms with Crippen LogP contribution in [0.15, 0.2) is 0 Å². The molecule has 1 saturated carbocycles. The summed E-state index contributed by atoms with van der Waals surface area (Å²) in [6, 6.07) is 0. The molecule has 1 heterocycles. The molecule has 0 atom stereocenters. The van der Waals surface area contributed by atoms with E-state index < -0.39 is 16.0 Å². The van der Waals surface area contributed by atoms with Gasteiger partial charge in [-0.25, -0.2) is 13.2 Å². The Morgan fingerprint density at radius 3 is 2.58 bits per heavy atom. The van der Waals surface area contributed by atoms with Gasteiger partial charge in [0.15, 0.2) is 0 Å². The van der Waals surface area contributed by atoms with Gasteiger partial charge in [-0.1, -0.05) is 19.3 Å². The first-order valence-corrected chi connectivity index (χ1v) is 11.2. The predicted octanol–water partition coefficient (Wildman–Crippen LogP) is 3.88. The average Bonchev–Trinajstić information content (AvgIpc) is 2.93. The fraction of sp³-hybridized carbons (Fsp3) is 0.706. The van der Waals surface area contributed by atoms with Crippen LogP contribution in [0, 0.1) is 0 Å². The zero-order valence-corrected chi connectivity index (χ0v) is 15.7. The summed E-state index contributed by atoms with van der Waals surface area (Å²) >= 11 is 1.42. The maximum Gasteiger partial charge on any atom is 0.341 e. The van der Waals surface area contributed by atoms with Gasteiger partial charge in [-0.05, 0) is 51.0 Å². The zero-order chi connectivity index (χ0) is 17.2. The van der Waals surface area contributed by atoms with Crippen LogP contribution in [0.2, 0.25) is 0 Å². The summed E-state index contributed by atoms with van der Waals surface area (Å²) in [5.74, 6) is -0.404. The van der Waals surface area contributed by atoms with Crippen LogP contribution in [0.4, 0.5) is 5.00 Å². The van der Waals surface area contributed by atoms with Gasteiger partial charge in [-0.15, -0.1) is 11.3 Å². The number of rotatable bonds is 5. The Morgan fingerprint density at radius 2 is 1.88 bits per heavy atom. The van der Waals surface area contributed by atoms with Crippen LogP contribution in [-0.2, 0) is 27.6 Å². The summed E-state index contributed by atoms with van der Waals surface area (Å²) in [4.78, 5) is 13.5. The fourth-order valence-corrected chi connectivity index (χ4v) is 6.77. The minimum atomic E-state index is -3.45. The number of thiophene rings is 1. The first-order valence-electron chi connectivity index (χ1n) is 8.86. The normalized spacial score (nSPS) is 18.9. The number of fused-ring (bicyclic) bond motifs is 1. The number of carbonyl (C=O) groups excluding carboxylic acids is 1. The highest BCUT2D eigenvalue weighted by Gasteiger charge is 2.32. The number of carbonyl (C=O) groups is 1. The second-order valence-corrected chi connectivity index (χ2v) is 9.61. The SMILES string of the molecule is CCOC(=O)c1c(NS(=O)(=O)C2CCCCC2)sc2c1CCCC2. The van der Waals surface area contributed by atoms with Gasteiger partial charge < -0.3 is 4.74 Å². The third-order valence-corrected chi connectivity index (χ3v) is 8.05. The smallest absolute Gasteiger partial charge is 0.341 e. The Morgan fingerprint density at radius 1 is 1.17 bits per heavy atom. The van der Waals surface area contributed by atoms with Crippen molar-refractivity contribution in [1.82, 2.24) is 0 Å². The average molecular weight is 372 g/mol. The van der Waals surface area contributed by atoms with Crippen LogP contribution >= 0.6 is 11.3 Å². The van der Waals surface area contributed by atoms with Crippen LogP contribution < -0.4 is 4.72 Å². The van der Waals surface area contributed by atoms with Crippen LogP contribution in [-0.4, -0.2) is 26.2 Å². The minimum absolute atomic E-state index is 0.290. The molecule has 0 bridgehead atoms. The minimum Gasteiger partial charge on any atom is -0.462 e. The summed E-state index contributed by atoms with van der Waals surface area (Å²) in [7, 11) is -3.45. The lowest BCUT2D eigenvalue weighted by molar-refractivity contribution is 0.0526. The molecule has 5 nitrogen and oxygen atoms in total. The molecule has 0 saturated heterocycles. The van der Waals surface area contributed by atoms with E-state index >= 15 is 0 Å². The molecule has 0 spiro atoms. The van der Waals surface area contributed by atoms with E-state index in [1.54, 1.807) is 6.92 Å². The van der Waals surface area contributed by atoms with Crippen molar-refractivity contribution in [3.05, 3.63) is 16.0 Å². The van der Waals surface area contributed by atoms with Gasteiger partial charge in [-0.3, -0.25) is 4.72 Å². The zero-order valence-electron chi connectivity index (χ0n) is 14.1. The molecular formula is C17H25NO4S2. The van der Waals surface area contributed by atoms with Gasteiger partial charge >= 0.3 is 5.97 Å². The lowest BCUT2D eigenvalue weighted by Crippen LogP contribution is -2.30. The van der Waals surface area contributed by atoms with Gasteiger partial charge in [-0.2, -0.15) is 0 Å². The number of nitrogens with one attached hydrogen (secondary N) is 1. The second kappa shape index (κ2) is 7.44. The topological polar surface area (TPSA) is 72.5 Å². The Kier molecular flexibility index (Phi) is 5.49. The maximum atomic E-state index is 12.7. The number of sulfonamides is 1. The molecule has 2 aliphatic rings. The molecule has 1 aromatic heterocycles. The molecule has 2 aliphatic carbocycles.